The Hall–Kier alpha value is -1.28. The first-order valence-corrected chi connectivity index (χ1v) is 6.94. The van der Waals surface area contributed by atoms with Gasteiger partial charge in [0.15, 0.2) is 0 Å². The Balaban J connectivity index is 2.39. The molecule has 0 saturated heterocycles. The number of imidazole rings is 1. The van der Waals surface area contributed by atoms with E-state index in [4.69, 9.17) is 11.6 Å². The molecule has 2 aromatic rings. The Morgan fingerprint density at radius 2 is 1.94 bits per heavy atom. The lowest BCUT2D eigenvalue weighted by Crippen LogP contribution is -2.05. The molecule has 2 nitrogen and oxygen atoms in total. The number of aromatic nitrogens is 2. The first-order chi connectivity index (χ1) is 8.74. The summed E-state index contributed by atoms with van der Waals surface area (Å²) in [6.07, 6.45) is 2.91. The van der Waals surface area contributed by atoms with Crippen molar-refractivity contribution in [2.45, 2.75) is 32.7 Å². The van der Waals surface area contributed by atoms with Crippen molar-refractivity contribution in [1.29, 1.82) is 0 Å². The molecule has 0 saturated carbocycles. The van der Waals surface area contributed by atoms with Crippen molar-refractivity contribution in [3.63, 3.8) is 0 Å². The zero-order valence-electron chi connectivity index (χ0n) is 10.9. The monoisotopic (exact) mass is 262 g/mol. The van der Waals surface area contributed by atoms with Crippen LogP contribution in [0.5, 0.6) is 0 Å². The molecule has 0 atom stereocenters. The summed E-state index contributed by atoms with van der Waals surface area (Å²) in [6.45, 7) is 5.36. The minimum absolute atomic E-state index is 0.457. The maximum atomic E-state index is 5.77. The molecule has 1 aromatic carbocycles. The summed E-state index contributed by atoms with van der Waals surface area (Å²) < 4.78 is 2.23. The van der Waals surface area contributed by atoms with Crippen molar-refractivity contribution in [2.75, 3.05) is 5.88 Å². The third-order valence-corrected chi connectivity index (χ3v) is 3.27. The molecule has 0 amide bonds. The predicted octanol–water partition coefficient (Wildman–Crippen LogP) is 4.30. The number of halogens is 1. The van der Waals surface area contributed by atoms with E-state index in [0.29, 0.717) is 11.8 Å². The van der Waals surface area contributed by atoms with Crippen molar-refractivity contribution in [2.24, 2.45) is 0 Å². The van der Waals surface area contributed by atoms with Crippen LogP contribution >= 0.6 is 11.6 Å². The van der Waals surface area contributed by atoms with Gasteiger partial charge in [0.05, 0.1) is 12.0 Å². The van der Waals surface area contributed by atoms with Crippen LogP contribution in [-0.4, -0.2) is 15.4 Å². The van der Waals surface area contributed by atoms with Crippen LogP contribution in [-0.2, 0) is 6.54 Å². The summed E-state index contributed by atoms with van der Waals surface area (Å²) >= 11 is 5.77. The Labute approximate surface area is 114 Å². The van der Waals surface area contributed by atoms with Crippen molar-refractivity contribution in [1.82, 2.24) is 9.55 Å². The maximum Gasteiger partial charge on any atom is 0.0956 e. The standard InChI is InChI=1S/C15H19ClN2/c1-12(2)15-14(13-7-4-3-5-8-13)17-11-18(15)10-6-9-16/h3-5,7-8,11-12H,6,9-10H2,1-2H3. The molecule has 0 bridgehead atoms. The molecule has 0 aliphatic heterocycles. The van der Waals surface area contributed by atoms with Crippen LogP contribution in [0.15, 0.2) is 36.7 Å². The minimum Gasteiger partial charge on any atom is -0.334 e. The highest BCUT2D eigenvalue weighted by Gasteiger charge is 2.15. The molecule has 1 aromatic heterocycles. The molecular weight excluding hydrogens is 244 g/mol. The van der Waals surface area contributed by atoms with Crippen LogP contribution in [0.3, 0.4) is 0 Å². The third kappa shape index (κ3) is 2.75. The number of nitrogens with zero attached hydrogens (tertiary/aromatic N) is 2. The lowest BCUT2D eigenvalue weighted by atomic mass is 10.0. The van der Waals surface area contributed by atoms with Crippen LogP contribution in [0.2, 0.25) is 0 Å². The zero-order valence-corrected chi connectivity index (χ0v) is 11.7. The van der Waals surface area contributed by atoms with E-state index in [2.05, 4.69) is 47.7 Å². The summed E-state index contributed by atoms with van der Waals surface area (Å²) in [5, 5.41) is 0. The molecule has 1 heterocycles. The SMILES string of the molecule is CC(C)c1c(-c2ccccc2)ncn1CCCCl. The van der Waals surface area contributed by atoms with Gasteiger partial charge in [-0.1, -0.05) is 44.2 Å². The van der Waals surface area contributed by atoms with Gasteiger partial charge in [-0.3, -0.25) is 0 Å². The maximum absolute atomic E-state index is 5.77. The van der Waals surface area contributed by atoms with Crippen molar-refractivity contribution in [3.8, 4) is 11.3 Å². The van der Waals surface area contributed by atoms with E-state index < -0.39 is 0 Å². The molecule has 0 fully saturated rings. The van der Waals surface area contributed by atoms with Gasteiger partial charge < -0.3 is 4.57 Å². The highest BCUT2D eigenvalue weighted by molar-refractivity contribution is 6.17. The normalized spacial score (nSPS) is 11.1. The van der Waals surface area contributed by atoms with Crippen LogP contribution in [0.1, 0.15) is 31.9 Å². The van der Waals surface area contributed by atoms with Crippen molar-refractivity contribution < 1.29 is 0 Å². The topological polar surface area (TPSA) is 17.8 Å². The Morgan fingerprint density at radius 1 is 1.22 bits per heavy atom. The van der Waals surface area contributed by atoms with E-state index in [1.54, 1.807) is 0 Å². The number of aryl methyl sites for hydroxylation is 1. The van der Waals surface area contributed by atoms with Crippen LogP contribution < -0.4 is 0 Å². The number of rotatable bonds is 5. The van der Waals surface area contributed by atoms with Gasteiger partial charge in [-0.15, -0.1) is 11.6 Å². The van der Waals surface area contributed by atoms with E-state index in [1.165, 1.54) is 11.3 Å². The highest BCUT2D eigenvalue weighted by atomic mass is 35.5. The summed E-state index contributed by atoms with van der Waals surface area (Å²) in [5.41, 5.74) is 3.58. The molecule has 0 radical (unpaired) electrons. The van der Waals surface area contributed by atoms with Gasteiger partial charge in [-0.05, 0) is 12.3 Å². The second kappa shape index (κ2) is 6.05. The van der Waals surface area contributed by atoms with E-state index in [1.807, 2.05) is 12.4 Å². The molecule has 96 valence electrons. The van der Waals surface area contributed by atoms with Gasteiger partial charge in [-0.2, -0.15) is 0 Å². The number of alkyl halides is 1. The quantitative estimate of drug-likeness (QED) is 0.735. The highest BCUT2D eigenvalue weighted by Crippen LogP contribution is 2.28. The van der Waals surface area contributed by atoms with E-state index >= 15 is 0 Å². The molecule has 0 N–H and O–H groups in total. The van der Waals surface area contributed by atoms with Gasteiger partial charge in [-0.25, -0.2) is 4.98 Å². The smallest absolute Gasteiger partial charge is 0.0956 e. The van der Waals surface area contributed by atoms with Gasteiger partial charge in [0, 0.05) is 23.7 Å². The van der Waals surface area contributed by atoms with Crippen LogP contribution in [0.25, 0.3) is 11.3 Å². The largest absolute Gasteiger partial charge is 0.334 e. The van der Waals surface area contributed by atoms with E-state index in [9.17, 15) is 0 Å². The second-order valence-electron chi connectivity index (χ2n) is 4.74. The van der Waals surface area contributed by atoms with Gasteiger partial charge in [0.1, 0.15) is 0 Å². The average molecular weight is 263 g/mol. The molecule has 0 aliphatic rings. The summed E-state index contributed by atoms with van der Waals surface area (Å²) in [4.78, 5) is 4.58. The Bertz CT molecular complexity index is 488. The lowest BCUT2D eigenvalue weighted by Gasteiger charge is -2.12. The summed E-state index contributed by atoms with van der Waals surface area (Å²) in [5.74, 6) is 1.15. The molecule has 0 unspecified atom stereocenters. The first kappa shape index (κ1) is 13.2. The molecule has 0 aliphatic carbocycles. The summed E-state index contributed by atoms with van der Waals surface area (Å²) in [6, 6.07) is 10.4. The molecule has 3 heteroatoms. The van der Waals surface area contributed by atoms with E-state index in [-0.39, 0.29) is 0 Å². The summed E-state index contributed by atoms with van der Waals surface area (Å²) in [7, 11) is 0. The predicted molar refractivity (Wildman–Crippen MR) is 77.1 cm³/mol. The fraction of sp³-hybridized carbons (Fsp3) is 0.400. The second-order valence-corrected chi connectivity index (χ2v) is 5.11. The molecule has 0 spiro atoms. The van der Waals surface area contributed by atoms with Gasteiger partial charge in [0.2, 0.25) is 0 Å². The molecular formula is C15H19ClN2. The van der Waals surface area contributed by atoms with Crippen LogP contribution in [0.4, 0.5) is 0 Å². The molecule has 18 heavy (non-hydrogen) atoms. The fourth-order valence-corrected chi connectivity index (χ4v) is 2.34. The Morgan fingerprint density at radius 3 is 2.56 bits per heavy atom. The first-order valence-electron chi connectivity index (χ1n) is 6.40. The van der Waals surface area contributed by atoms with E-state index in [0.717, 1.165) is 18.7 Å². The number of hydrogen-bond acceptors (Lipinski definition) is 1. The Kier molecular flexibility index (Phi) is 4.43. The number of hydrogen-bond donors (Lipinski definition) is 0. The van der Waals surface area contributed by atoms with Crippen molar-refractivity contribution >= 4 is 11.6 Å². The fourth-order valence-electron chi connectivity index (χ4n) is 2.22. The number of benzene rings is 1. The van der Waals surface area contributed by atoms with Gasteiger partial charge in [0.25, 0.3) is 0 Å². The molecule has 2 rings (SSSR count). The third-order valence-electron chi connectivity index (χ3n) is 3.01. The zero-order chi connectivity index (χ0) is 13.0. The average Bonchev–Trinajstić information content (AvgIpc) is 2.81. The van der Waals surface area contributed by atoms with Crippen LogP contribution in [0, 0.1) is 0 Å². The minimum atomic E-state index is 0.457. The van der Waals surface area contributed by atoms with Crippen molar-refractivity contribution in [3.05, 3.63) is 42.4 Å². The lowest BCUT2D eigenvalue weighted by molar-refractivity contribution is 0.625. The van der Waals surface area contributed by atoms with Gasteiger partial charge >= 0.3 is 0 Å².